The Labute approximate surface area is 154 Å². The molecule has 0 bridgehead atoms. The fourth-order valence-corrected chi connectivity index (χ4v) is 1.76. The fourth-order valence-electron chi connectivity index (χ4n) is 1.76. The highest BCUT2D eigenvalue weighted by atomic mass is 16.7. The highest BCUT2D eigenvalue weighted by molar-refractivity contribution is 5.74. The minimum absolute atomic E-state index is 0.0648. The summed E-state index contributed by atoms with van der Waals surface area (Å²) >= 11 is 0. The standard InChI is InChI=1S/C16H15NO3.C4H10O2/c18-11-14-8-6-13(7-9-14)10-17-16(19)20-12-15-4-2-1-3-5-15;1-4(5-2)6-3/h1-9,11H,10,12H2,(H,17,19);4H,1-3H3. The van der Waals surface area contributed by atoms with Gasteiger partial charge in [-0.25, -0.2) is 4.79 Å². The predicted molar refractivity (Wildman–Crippen MR) is 98.8 cm³/mol. The first-order chi connectivity index (χ1) is 12.6. The summed E-state index contributed by atoms with van der Waals surface area (Å²) in [6, 6.07) is 16.5. The Morgan fingerprint density at radius 2 is 1.62 bits per heavy atom. The molecule has 0 heterocycles. The smallest absolute Gasteiger partial charge is 0.407 e. The van der Waals surface area contributed by atoms with Crippen LogP contribution in [-0.2, 0) is 27.4 Å². The molecule has 0 atom stereocenters. The highest BCUT2D eigenvalue weighted by Gasteiger charge is 2.02. The average Bonchev–Trinajstić information content (AvgIpc) is 2.71. The van der Waals surface area contributed by atoms with Crippen LogP contribution in [0.3, 0.4) is 0 Å². The molecule has 1 N–H and O–H groups in total. The SMILES string of the molecule is COC(C)OC.O=Cc1ccc(CNC(=O)OCc2ccccc2)cc1. The van der Waals surface area contributed by atoms with E-state index < -0.39 is 6.09 Å². The van der Waals surface area contributed by atoms with Crippen molar-refractivity contribution in [3.63, 3.8) is 0 Å². The van der Waals surface area contributed by atoms with E-state index in [9.17, 15) is 9.59 Å². The van der Waals surface area contributed by atoms with Gasteiger partial charge in [0, 0.05) is 26.3 Å². The Kier molecular flexibility index (Phi) is 10.4. The molecule has 0 aliphatic heterocycles. The molecule has 0 fully saturated rings. The van der Waals surface area contributed by atoms with Crippen molar-refractivity contribution in [1.29, 1.82) is 0 Å². The van der Waals surface area contributed by atoms with Crippen molar-refractivity contribution in [3.05, 3.63) is 71.3 Å². The third-order valence-electron chi connectivity index (χ3n) is 3.43. The second-order valence-corrected chi connectivity index (χ2v) is 5.31. The third-order valence-corrected chi connectivity index (χ3v) is 3.43. The van der Waals surface area contributed by atoms with Crippen LogP contribution in [0.5, 0.6) is 0 Å². The lowest BCUT2D eigenvalue weighted by Gasteiger charge is -2.07. The number of carbonyl (C=O) groups is 2. The highest BCUT2D eigenvalue weighted by Crippen LogP contribution is 2.03. The van der Waals surface area contributed by atoms with Crippen molar-refractivity contribution < 1.29 is 23.8 Å². The van der Waals surface area contributed by atoms with Gasteiger partial charge in [0.05, 0.1) is 0 Å². The molecule has 140 valence electrons. The molecule has 0 aliphatic carbocycles. The van der Waals surface area contributed by atoms with E-state index in [1.807, 2.05) is 37.3 Å². The molecule has 2 rings (SSSR count). The molecule has 0 unspecified atom stereocenters. The van der Waals surface area contributed by atoms with Gasteiger partial charge in [-0.3, -0.25) is 4.79 Å². The molecular formula is C20H25NO5. The van der Waals surface area contributed by atoms with E-state index in [1.165, 1.54) is 0 Å². The second-order valence-electron chi connectivity index (χ2n) is 5.31. The number of hydrogen-bond acceptors (Lipinski definition) is 5. The maximum absolute atomic E-state index is 11.5. The summed E-state index contributed by atoms with van der Waals surface area (Å²) in [6.45, 7) is 2.45. The Morgan fingerprint density at radius 1 is 1.00 bits per heavy atom. The van der Waals surface area contributed by atoms with Crippen molar-refractivity contribution in [2.45, 2.75) is 26.4 Å². The van der Waals surface area contributed by atoms with Crippen LogP contribution in [0.2, 0.25) is 0 Å². The summed E-state index contributed by atoms with van der Waals surface area (Å²) in [5.41, 5.74) is 2.46. The Morgan fingerprint density at radius 3 is 2.12 bits per heavy atom. The van der Waals surface area contributed by atoms with E-state index in [2.05, 4.69) is 14.8 Å². The summed E-state index contributed by atoms with van der Waals surface area (Å²) in [5, 5.41) is 2.66. The van der Waals surface area contributed by atoms with Gasteiger partial charge < -0.3 is 19.5 Å². The van der Waals surface area contributed by atoms with Crippen molar-refractivity contribution in [2.24, 2.45) is 0 Å². The summed E-state index contributed by atoms with van der Waals surface area (Å²) in [6.07, 6.45) is 0.254. The van der Waals surface area contributed by atoms with Crippen molar-refractivity contribution in [2.75, 3.05) is 14.2 Å². The van der Waals surface area contributed by atoms with E-state index >= 15 is 0 Å². The van der Waals surface area contributed by atoms with Gasteiger partial charge in [0.1, 0.15) is 12.9 Å². The van der Waals surface area contributed by atoms with Crippen LogP contribution < -0.4 is 5.32 Å². The van der Waals surface area contributed by atoms with Crippen LogP contribution in [0.25, 0.3) is 0 Å². The van der Waals surface area contributed by atoms with E-state index in [-0.39, 0.29) is 12.9 Å². The zero-order valence-electron chi connectivity index (χ0n) is 15.3. The number of nitrogens with one attached hydrogen (secondary N) is 1. The van der Waals surface area contributed by atoms with Gasteiger partial charge in [-0.05, 0) is 18.1 Å². The molecule has 26 heavy (non-hydrogen) atoms. The van der Waals surface area contributed by atoms with Gasteiger partial charge in [0.2, 0.25) is 0 Å². The van der Waals surface area contributed by atoms with Gasteiger partial charge in [-0.2, -0.15) is 0 Å². The molecular weight excluding hydrogens is 334 g/mol. The summed E-state index contributed by atoms with van der Waals surface area (Å²) in [5.74, 6) is 0. The van der Waals surface area contributed by atoms with Gasteiger partial charge in [-0.15, -0.1) is 0 Å². The number of alkyl carbamates (subject to hydrolysis) is 1. The zero-order chi connectivity index (χ0) is 19.2. The minimum atomic E-state index is -0.465. The number of rotatable bonds is 7. The molecule has 2 aromatic rings. The molecule has 0 aliphatic rings. The third kappa shape index (κ3) is 8.96. The number of amides is 1. The van der Waals surface area contributed by atoms with Crippen molar-refractivity contribution in [1.82, 2.24) is 5.32 Å². The first-order valence-electron chi connectivity index (χ1n) is 8.13. The molecule has 0 radical (unpaired) electrons. The van der Waals surface area contributed by atoms with E-state index in [1.54, 1.807) is 38.5 Å². The summed E-state index contributed by atoms with van der Waals surface area (Å²) in [7, 11) is 3.21. The molecule has 1 amide bonds. The molecule has 6 heteroatoms. The lowest BCUT2D eigenvalue weighted by Crippen LogP contribution is -2.23. The summed E-state index contributed by atoms with van der Waals surface area (Å²) < 4.78 is 14.4. The molecule has 0 spiro atoms. The lowest BCUT2D eigenvalue weighted by atomic mass is 10.1. The quantitative estimate of drug-likeness (QED) is 0.604. The van der Waals surface area contributed by atoms with Gasteiger partial charge in [0.25, 0.3) is 0 Å². The Balaban J connectivity index is 0.000000487. The first-order valence-corrected chi connectivity index (χ1v) is 8.13. The summed E-state index contributed by atoms with van der Waals surface area (Å²) in [4.78, 5) is 22.0. The van der Waals surface area contributed by atoms with Gasteiger partial charge in [-0.1, -0.05) is 54.6 Å². The van der Waals surface area contributed by atoms with Gasteiger partial charge in [0.15, 0.2) is 6.29 Å². The van der Waals surface area contributed by atoms with E-state index in [0.717, 1.165) is 17.4 Å². The monoisotopic (exact) mass is 359 g/mol. The maximum Gasteiger partial charge on any atom is 0.407 e. The molecule has 2 aromatic carbocycles. The minimum Gasteiger partial charge on any atom is -0.445 e. The van der Waals surface area contributed by atoms with Gasteiger partial charge >= 0.3 is 6.09 Å². The van der Waals surface area contributed by atoms with Crippen LogP contribution in [-0.4, -0.2) is 32.9 Å². The average molecular weight is 359 g/mol. The zero-order valence-corrected chi connectivity index (χ0v) is 15.3. The van der Waals surface area contributed by atoms with Crippen LogP contribution in [0.4, 0.5) is 4.79 Å². The largest absolute Gasteiger partial charge is 0.445 e. The lowest BCUT2D eigenvalue weighted by molar-refractivity contribution is -0.0877. The number of hydrogen-bond donors (Lipinski definition) is 1. The Bertz CT molecular complexity index is 639. The topological polar surface area (TPSA) is 73.9 Å². The number of carbonyl (C=O) groups excluding carboxylic acids is 2. The Hall–Kier alpha value is -2.70. The van der Waals surface area contributed by atoms with E-state index in [4.69, 9.17) is 4.74 Å². The normalized spacial score (nSPS) is 9.85. The fraction of sp³-hybridized carbons (Fsp3) is 0.300. The molecule has 6 nitrogen and oxygen atoms in total. The van der Waals surface area contributed by atoms with Crippen LogP contribution in [0.15, 0.2) is 54.6 Å². The number of aldehydes is 1. The second kappa shape index (κ2) is 12.6. The van der Waals surface area contributed by atoms with Crippen LogP contribution in [0, 0.1) is 0 Å². The predicted octanol–water partition coefficient (Wildman–Crippen LogP) is 3.55. The van der Waals surface area contributed by atoms with Crippen molar-refractivity contribution >= 4 is 12.4 Å². The number of ether oxygens (including phenoxy) is 3. The molecule has 0 saturated heterocycles. The van der Waals surface area contributed by atoms with Crippen LogP contribution in [0.1, 0.15) is 28.4 Å². The number of benzene rings is 2. The van der Waals surface area contributed by atoms with Crippen molar-refractivity contribution in [3.8, 4) is 0 Å². The molecule has 0 saturated carbocycles. The first kappa shape index (κ1) is 21.3. The van der Waals surface area contributed by atoms with E-state index in [0.29, 0.717) is 12.1 Å². The molecule has 0 aromatic heterocycles. The number of methoxy groups -OCH3 is 2. The van der Waals surface area contributed by atoms with Crippen LogP contribution >= 0.6 is 0 Å². The maximum atomic E-state index is 11.5.